The van der Waals surface area contributed by atoms with Gasteiger partial charge in [-0.25, -0.2) is 4.98 Å². The molecule has 1 aromatic heterocycles. The topological polar surface area (TPSA) is 146 Å². The zero-order valence-electron chi connectivity index (χ0n) is 31.4. The van der Waals surface area contributed by atoms with Gasteiger partial charge in [-0.15, -0.1) is 11.3 Å². The van der Waals surface area contributed by atoms with Crippen molar-refractivity contribution < 1.29 is 33.7 Å². The van der Waals surface area contributed by atoms with Crippen molar-refractivity contribution in [2.45, 2.75) is 85.4 Å². The van der Waals surface area contributed by atoms with Gasteiger partial charge in [-0.05, 0) is 44.2 Å². The lowest BCUT2D eigenvalue weighted by atomic mass is 9.85. The number of benzene rings is 1. The van der Waals surface area contributed by atoms with Crippen molar-refractivity contribution in [2.75, 3.05) is 72.2 Å². The van der Waals surface area contributed by atoms with Crippen LogP contribution in [0, 0.1) is 12.3 Å². The Balaban J connectivity index is 1.27. The van der Waals surface area contributed by atoms with E-state index in [1.807, 2.05) is 78.2 Å². The maximum Gasteiger partial charge on any atom is 0.246 e. The minimum atomic E-state index is -0.874. The van der Waals surface area contributed by atoms with Gasteiger partial charge < -0.3 is 34.9 Å². The Hall–Kier alpha value is -2.98. The summed E-state index contributed by atoms with van der Waals surface area (Å²) in [5.74, 6) is -0.949. The number of thiazole rings is 1. The molecule has 0 bridgehead atoms. The number of aryl methyl sites for hydroxylation is 1. The van der Waals surface area contributed by atoms with Crippen LogP contribution in [0.1, 0.15) is 65.3 Å². The number of nitrogens with zero attached hydrogens (tertiary/aromatic N) is 4. The molecule has 1 unspecified atom stereocenters. The van der Waals surface area contributed by atoms with Crippen molar-refractivity contribution in [2.24, 2.45) is 5.41 Å². The smallest absolute Gasteiger partial charge is 0.246 e. The molecule has 2 aliphatic rings. The van der Waals surface area contributed by atoms with Gasteiger partial charge in [0.2, 0.25) is 17.7 Å². The number of carbonyl (C=O) groups excluding carboxylic acids is 3. The zero-order chi connectivity index (χ0) is 37.1. The van der Waals surface area contributed by atoms with E-state index >= 15 is 0 Å². The molecule has 2 saturated heterocycles. The first kappa shape index (κ1) is 40.8. The fourth-order valence-corrected chi connectivity index (χ4v) is 7.30. The number of β-amino-alcohol motifs (C(OH)–C–C–N with tert-alkyl or cyclic N) is 1. The van der Waals surface area contributed by atoms with E-state index in [-0.39, 0.29) is 49.6 Å². The lowest BCUT2D eigenvalue weighted by Crippen LogP contribution is -2.59. The molecule has 2 aliphatic heterocycles. The number of hydrogen-bond donors (Lipinski definition) is 3. The van der Waals surface area contributed by atoms with E-state index in [0.29, 0.717) is 39.5 Å². The number of carbonyl (C=O) groups is 3. The molecule has 0 aliphatic carbocycles. The van der Waals surface area contributed by atoms with Gasteiger partial charge >= 0.3 is 0 Å². The number of hydrogen-bond acceptors (Lipinski definition) is 11. The Morgan fingerprint density at radius 2 is 1.67 bits per heavy atom. The summed E-state index contributed by atoms with van der Waals surface area (Å²) in [5, 5.41) is 16.6. The molecule has 3 N–H and O–H groups in total. The summed E-state index contributed by atoms with van der Waals surface area (Å²) in [6.07, 6.45) is -1.06. The zero-order valence-corrected chi connectivity index (χ0v) is 32.2. The van der Waals surface area contributed by atoms with E-state index < -0.39 is 23.6 Å². The monoisotopic (exact) mass is 730 g/mol. The maximum absolute atomic E-state index is 14.1. The van der Waals surface area contributed by atoms with Crippen molar-refractivity contribution in [3.05, 3.63) is 41.0 Å². The Kier molecular flexibility index (Phi) is 15.4. The highest BCUT2D eigenvalue weighted by Gasteiger charge is 2.44. The number of aliphatic hydroxyl groups excluding tert-OH is 1. The highest BCUT2D eigenvalue weighted by Crippen LogP contribution is 2.29. The Bertz CT molecular complexity index is 1400. The molecule has 13 nitrogen and oxygen atoms in total. The van der Waals surface area contributed by atoms with Crippen LogP contribution in [0.5, 0.6) is 0 Å². The number of piperazine rings is 1. The van der Waals surface area contributed by atoms with Crippen LogP contribution < -0.4 is 10.6 Å². The normalized spacial score (nSPS) is 20.1. The number of likely N-dealkylation sites (tertiary alicyclic amines) is 1. The quantitative estimate of drug-likeness (QED) is 0.164. The summed E-state index contributed by atoms with van der Waals surface area (Å²) >= 11 is 1.59. The molecule has 0 spiro atoms. The molecular formula is C37H58N6O7S. The molecule has 0 saturated carbocycles. The molecule has 2 fully saturated rings. The second-order valence-electron chi connectivity index (χ2n) is 14.4. The van der Waals surface area contributed by atoms with Crippen LogP contribution >= 0.6 is 11.3 Å². The Morgan fingerprint density at radius 3 is 2.25 bits per heavy atom. The predicted octanol–water partition coefficient (Wildman–Crippen LogP) is 2.82. The number of rotatable bonds is 17. The van der Waals surface area contributed by atoms with Gasteiger partial charge in [-0.3, -0.25) is 24.2 Å². The van der Waals surface area contributed by atoms with Crippen LogP contribution in [0.3, 0.4) is 0 Å². The third-order valence-corrected chi connectivity index (χ3v) is 10.4. The number of amides is 3. The SMILES string of the molecule is CCOC(COCCN1CCN(CC(=O)NC(C(=O)N2C[C@H](O)C[C@H]2C(=O)N[C@@H](C)c2ccc(-c3scnc3C)cc2)C(C)(C)C)CC1)OCC. The van der Waals surface area contributed by atoms with E-state index in [1.165, 1.54) is 4.90 Å². The Morgan fingerprint density at radius 1 is 1.02 bits per heavy atom. The summed E-state index contributed by atoms with van der Waals surface area (Å²) in [7, 11) is 0. The van der Waals surface area contributed by atoms with E-state index in [4.69, 9.17) is 14.2 Å². The van der Waals surface area contributed by atoms with Crippen LogP contribution in [0.15, 0.2) is 29.8 Å². The molecular weight excluding hydrogens is 673 g/mol. The molecule has 1 aromatic carbocycles. The fraction of sp³-hybridized carbons (Fsp3) is 0.676. The average Bonchev–Trinajstić information content (AvgIpc) is 3.71. The van der Waals surface area contributed by atoms with Crippen molar-refractivity contribution in [1.82, 2.24) is 30.3 Å². The molecule has 4 atom stereocenters. The minimum absolute atomic E-state index is 0.0280. The first-order valence-electron chi connectivity index (χ1n) is 18.1. The first-order valence-corrected chi connectivity index (χ1v) is 19.0. The van der Waals surface area contributed by atoms with Crippen molar-refractivity contribution in [3.8, 4) is 10.4 Å². The number of aliphatic hydroxyl groups is 1. The van der Waals surface area contributed by atoms with Crippen molar-refractivity contribution in [1.29, 1.82) is 0 Å². The van der Waals surface area contributed by atoms with Crippen LogP contribution in [0.4, 0.5) is 0 Å². The molecule has 3 amide bonds. The minimum Gasteiger partial charge on any atom is -0.391 e. The highest BCUT2D eigenvalue weighted by atomic mass is 32.1. The van der Waals surface area contributed by atoms with Crippen LogP contribution in [-0.4, -0.2) is 139 Å². The van der Waals surface area contributed by atoms with E-state index in [1.54, 1.807) is 11.3 Å². The second kappa shape index (κ2) is 19.2. The Labute approximate surface area is 307 Å². The van der Waals surface area contributed by atoms with Crippen molar-refractivity contribution >= 4 is 29.1 Å². The number of nitrogens with one attached hydrogen (secondary N) is 2. The third kappa shape index (κ3) is 11.8. The lowest BCUT2D eigenvalue weighted by Gasteiger charge is -2.37. The second-order valence-corrected chi connectivity index (χ2v) is 15.3. The standard InChI is InChI=1S/C37H58N6O7S/c1-8-49-32(50-9-2)23-48-19-18-41-14-16-42(17-15-41)22-31(45)40-34(37(5,6)7)36(47)43-21-29(44)20-30(43)35(46)39-25(3)27-10-12-28(13-11-27)33-26(4)38-24-51-33/h10-13,24-25,29-30,32,34,44H,8-9,14-23H2,1-7H3,(H,39,46)(H,40,45)/t25-,29+,30-,34?/m0/s1. The van der Waals surface area contributed by atoms with Crippen LogP contribution in [0.2, 0.25) is 0 Å². The number of aromatic nitrogens is 1. The lowest BCUT2D eigenvalue weighted by molar-refractivity contribution is -0.168. The molecule has 51 heavy (non-hydrogen) atoms. The largest absolute Gasteiger partial charge is 0.391 e. The molecule has 284 valence electrons. The van der Waals surface area contributed by atoms with E-state index in [0.717, 1.165) is 41.3 Å². The summed E-state index contributed by atoms with van der Waals surface area (Å²) in [6, 6.07) is 5.96. The maximum atomic E-state index is 14.1. The summed E-state index contributed by atoms with van der Waals surface area (Å²) < 4.78 is 16.8. The van der Waals surface area contributed by atoms with Gasteiger partial charge in [0, 0.05) is 58.9 Å². The van der Waals surface area contributed by atoms with Crippen molar-refractivity contribution in [3.63, 3.8) is 0 Å². The molecule has 14 heteroatoms. The van der Waals surface area contributed by atoms with Gasteiger partial charge in [-0.1, -0.05) is 45.0 Å². The van der Waals surface area contributed by atoms with Gasteiger partial charge in [0.1, 0.15) is 12.1 Å². The third-order valence-electron chi connectivity index (χ3n) is 9.40. The van der Waals surface area contributed by atoms with Gasteiger partial charge in [-0.2, -0.15) is 0 Å². The van der Waals surface area contributed by atoms with Crippen LogP contribution in [0.25, 0.3) is 10.4 Å². The summed E-state index contributed by atoms with van der Waals surface area (Å²) in [6.45, 7) is 19.5. The van der Waals surface area contributed by atoms with E-state index in [9.17, 15) is 19.5 Å². The highest BCUT2D eigenvalue weighted by molar-refractivity contribution is 7.13. The molecule has 0 radical (unpaired) electrons. The van der Waals surface area contributed by atoms with Crippen LogP contribution in [-0.2, 0) is 28.6 Å². The summed E-state index contributed by atoms with van der Waals surface area (Å²) in [4.78, 5) is 52.3. The first-order chi connectivity index (χ1) is 24.3. The molecule has 3 heterocycles. The molecule has 4 rings (SSSR count). The van der Waals surface area contributed by atoms with Gasteiger partial charge in [0.25, 0.3) is 0 Å². The molecule has 2 aromatic rings. The number of ether oxygens (including phenoxy) is 3. The van der Waals surface area contributed by atoms with Gasteiger partial charge in [0.15, 0.2) is 6.29 Å². The van der Waals surface area contributed by atoms with E-state index in [2.05, 4.69) is 25.4 Å². The predicted molar refractivity (Wildman–Crippen MR) is 197 cm³/mol. The summed E-state index contributed by atoms with van der Waals surface area (Å²) in [5.41, 5.74) is 4.16. The van der Waals surface area contributed by atoms with Gasteiger partial charge in [0.05, 0.1) is 48.0 Å². The average molecular weight is 731 g/mol. The fourth-order valence-electron chi connectivity index (χ4n) is 6.49.